The van der Waals surface area contributed by atoms with Gasteiger partial charge < -0.3 is 14.3 Å². The molecule has 1 aromatic heterocycles. The van der Waals surface area contributed by atoms with Crippen LogP contribution < -0.4 is 5.43 Å². The van der Waals surface area contributed by atoms with Gasteiger partial charge in [-0.1, -0.05) is 19.8 Å². The van der Waals surface area contributed by atoms with Crippen LogP contribution in [0, 0.1) is 0 Å². The second-order valence-electron chi connectivity index (χ2n) is 3.71. The lowest BCUT2D eigenvalue weighted by Gasteiger charge is -2.03. The van der Waals surface area contributed by atoms with Crippen LogP contribution in [0.5, 0.6) is 5.75 Å². The van der Waals surface area contributed by atoms with Crippen LogP contribution in [0.25, 0.3) is 0 Å². The van der Waals surface area contributed by atoms with E-state index < -0.39 is 11.2 Å². The average molecular weight is 240 g/mol. The first-order valence-corrected chi connectivity index (χ1v) is 5.59. The zero-order valence-corrected chi connectivity index (χ0v) is 9.77. The van der Waals surface area contributed by atoms with E-state index in [1.807, 2.05) is 0 Å². The third kappa shape index (κ3) is 4.72. The minimum absolute atomic E-state index is 0.0829. The molecular formula is C12H16O5. The first-order valence-electron chi connectivity index (χ1n) is 5.59. The lowest BCUT2D eigenvalue weighted by molar-refractivity contribution is -0.145. The Morgan fingerprint density at radius 3 is 2.88 bits per heavy atom. The average Bonchev–Trinajstić information content (AvgIpc) is 2.31. The number of esters is 1. The monoisotopic (exact) mass is 240 g/mol. The van der Waals surface area contributed by atoms with Crippen LogP contribution in [0.4, 0.5) is 0 Å². The van der Waals surface area contributed by atoms with Gasteiger partial charge in [-0.15, -0.1) is 0 Å². The molecule has 1 rings (SSSR count). The molecule has 0 saturated heterocycles. The molecule has 0 aliphatic rings. The molecule has 1 aromatic rings. The number of aromatic hydroxyl groups is 1. The molecule has 0 aliphatic carbocycles. The Bertz CT molecular complexity index is 421. The van der Waals surface area contributed by atoms with Crippen molar-refractivity contribution in [2.24, 2.45) is 0 Å². The molecule has 0 spiro atoms. The highest BCUT2D eigenvalue weighted by atomic mass is 16.5. The van der Waals surface area contributed by atoms with E-state index in [1.165, 1.54) is 0 Å². The van der Waals surface area contributed by atoms with Crippen LogP contribution in [0.3, 0.4) is 0 Å². The van der Waals surface area contributed by atoms with Crippen LogP contribution in [-0.2, 0) is 16.1 Å². The van der Waals surface area contributed by atoms with Gasteiger partial charge in [-0.25, -0.2) is 0 Å². The number of hydrogen-bond acceptors (Lipinski definition) is 5. The second-order valence-corrected chi connectivity index (χ2v) is 3.71. The van der Waals surface area contributed by atoms with Gasteiger partial charge in [0.2, 0.25) is 5.43 Å². The van der Waals surface area contributed by atoms with Crippen molar-refractivity contribution in [2.75, 3.05) is 0 Å². The van der Waals surface area contributed by atoms with Gasteiger partial charge in [-0.3, -0.25) is 9.59 Å². The van der Waals surface area contributed by atoms with Gasteiger partial charge in [0.25, 0.3) is 0 Å². The van der Waals surface area contributed by atoms with Gasteiger partial charge in [0.1, 0.15) is 18.6 Å². The Kier molecular flexibility index (Phi) is 5.26. The third-order valence-electron chi connectivity index (χ3n) is 2.23. The summed E-state index contributed by atoms with van der Waals surface area (Å²) in [6.45, 7) is 1.97. The third-order valence-corrected chi connectivity index (χ3v) is 2.23. The maximum Gasteiger partial charge on any atom is 0.306 e. The molecule has 1 heterocycles. The van der Waals surface area contributed by atoms with Gasteiger partial charge in [-0.05, 0) is 6.42 Å². The van der Waals surface area contributed by atoms with Crippen molar-refractivity contribution in [3.63, 3.8) is 0 Å². The highest BCUT2D eigenvalue weighted by Gasteiger charge is 2.06. The molecular weight excluding hydrogens is 224 g/mol. The zero-order chi connectivity index (χ0) is 12.7. The predicted octanol–water partition coefficient (Wildman–Crippen LogP) is 1.97. The van der Waals surface area contributed by atoms with E-state index in [1.54, 1.807) is 0 Å². The fourth-order valence-electron chi connectivity index (χ4n) is 1.26. The van der Waals surface area contributed by atoms with E-state index >= 15 is 0 Å². The minimum Gasteiger partial charge on any atom is -0.502 e. The molecule has 0 amide bonds. The summed E-state index contributed by atoms with van der Waals surface area (Å²) >= 11 is 0. The summed E-state index contributed by atoms with van der Waals surface area (Å²) in [5.74, 6) is -0.547. The Morgan fingerprint density at radius 1 is 1.47 bits per heavy atom. The van der Waals surface area contributed by atoms with E-state index in [9.17, 15) is 9.59 Å². The number of hydrogen-bond donors (Lipinski definition) is 1. The highest BCUT2D eigenvalue weighted by molar-refractivity contribution is 5.69. The number of unbranched alkanes of at least 4 members (excludes halogenated alkanes) is 2. The van der Waals surface area contributed by atoms with E-state index in [0.717, 1.165) is 31.6 Å². The summed E-state index contributed by atoms with van der Waals surface area (Å²) < 4.78 is 9.80. The van der Waals surface area contributed by atoms with Gasteiger partial charge in [0.05, 0.1) is 0 Å². The molecule has 5 nitrogen and oxygen atoms in total. The lowest BCUT2D eigenvalue weighted by Crippen LogP contribution is -2.06. The molecule has 0 aromatic carbocycles. The fourth-order valence-corrected chi connectivity index (χ4v) is 1.26. The molecule has 0 atom stereocenters. The minimum atomic E-state index is -0.548. The summed E-state index contributed by atoms with van der Waals surface area (Å²) in [6.07, 6.45) is 4.14. The van der Waals surface area contributed by atoms with Gasteiger partial charge in [0.15, 0.2) is 5.75 Å². The van der Waals surface area contributed by atoms with Crippen molar-refractivity contribution in [2.45, 2.75) is 39.2 Å². The van der Waals surface area contributed by atoms with Crippen LogP contribution >= 0.6 is 0 Å². The topological polar surface area (TPSA) is 76.7 Å². The Hall–Kier alpha value is -1.78. The first-order chi connectivity index (χ1) is 8.13. The van der Waals surface area contributed by atoms with Crippen molar-refractivity contribution in [3.05, 3.63) is 28.3 Å². The Labute approximate surface area is 99.0 Å². The first kappa shape index (κ1) is 13.3. The molecule has 0 aliphatic heterocycles. The van der Waals surface area contributed by atoms with Gasteiger partial charge in [0, 0.05) is 12.5 Å². The van der Waals surface area contributed by atoms with E-state index in [2.05, 4.69) is 6.92 Å². The van der Waals surface area contributed by atoms with Gasteiger partial charge in [-0.2, -0.15) is 0 Å². The second kappa shape index (κ2) is 6.73. The summed E-state index contributed by atoms with van der Waals surface area (Å²) in [6, 6.07) is 1.11. The fraction of sp³-hybridized carbons (Fsp3) is 0.500. The van der Waals surface area contributed by atoms with Crippen molar-refractivity contribution in [1.29, 1.82) is 0 Å². The van der Waals surface area contributed by atoms with Gasteiger partial charge >= 0.3 is 5.97 Å². The number of rotatable bonds is 6. The maximum absolute atomic E-state index is 11.3. The summed E-state index contributed by atoms with van der Waals surface area (Å²) in [5, 5.41) is 8.95. The molecule has 5 heteroatoms. The van der Waals surface area contributed by atoms with Crippen molar-refractivity contribution in [3.8, 4) is 5.75 Å². The molecule has 17 heavy (non-hydrogen) atoms. The number of ether oxygens (including phenoxy) is 1. The van der Waals surface area contributed by atoms with Crippen LogP contribution in [0.2, 0.25) is 0 Å². The molecule has 0 radical (unpaired) electrons. The Balaban J connectivity index is 2.37. The summed E-state index contributed by atoms with van der Waals surface area (Å²) in [4.78, 5) is 22.3. The summed E-state index contributed by atoms with van der Waals surface area (Å²) in [5.41, 5.74) is -0.548. The molecule has 0 fully saturated rings. The molecule has 0 unspecified atom stereocenters. The van der Waals surface area contributed by atoms with Crippen molar-refractivity contribution >= 4 is 5.97 Å². The quantitative estimate of drug-likeness (QED) is 0.607. The van der Waals surface area contributed by atoms with Crippen molar-refractivity contribution in [1.82, 2.24) is 0 Å². The summed E-state index contributed by atoms with van der Waals surface area (Å²) in [7, 11) is 0. The number of carbonyl (C=O) groups is 1. The van der Waals surface area contributed by atoms with Crippen LogP contribution in [-0.4, -0.2) is 11.1 Å². The van der Waals surface area contributed by atoms with Crippen LogP contribution in [0.1, 0.15) is 38.4 Å². The lowest BCUT2D eigenvalue weighted by atomic mass is 10.2. The maximum atomic E-state index is 11.3. The smallest absolute Gasteiger partial charge is 0.306 e. The standard InChI is InChI=1S/C12H16O5/c1-2-3-4-5-12(15)17-7-9-6-10(13)11(14)8-16-9/h6,8,14H,2-5,7H2,1H3. The Morgan fingerprint density at radius 2 is 2.24 bits per heavy atom. The molecule has 0 saturated carbocycles. The van der Waals surface area contributed by atoms with Crippen molar-refractivity contribution < 1.29 is 19.1 Å². The van der Waals surface area contributed by atoms with E-state index in [-0.39, 0.29) is 18.3 Å². The molecule has 1 N–H and O–H groups in total. The SMILES string of the molecule is CCCCCC(=O)OCc1cc(=O)c(O)co1. The molecule has 94 valence electrons. The zero-order valence-electron chi connectivity index (χ0n) is 9.77. The highest BCUT2D eigenvalue weighted by Crippen LogP contribution is 2.06. The largest absolute Gasteiger partial charge is 0.502 e. The normalized spacial score (nSPS) is 10.2. The molecule has 0 bridgehead atoms. The van der Waals surface area contributed by atoms with E-state index in [0.29, 0.717) is 6.42 Å². The number of carbonyl (C=O) groups excluding carboxylic acids is 1. The van der Waals surface area contributed by atoms with E-state index in [4.69, 9.17) is 14.3 Å². The predicted molar refractivity (Wildman–Crippen MR) is 60.6 cm³/mol. The van der Waals surface area contributed by atoms with Crippen LogP contribution in [0.15, 0.2) is 21.5 Å².